The van der Waals surface area contributed by atoms with Gasteiger partial charge in [0, 0.05) is 0 Å². The second-order valence-electron chi connectivity index (χ2n) is 4.16. The largest absolute Gasteiger partial charge is 0.368 e. The van der Waals surface area contributed by atoms with Crippen LogP contribution in [0, 0.1) is 0 Å². The van der Waals surface area contributed by atoms with Gasteiger partial charge in [-0.3, -0.25) is 9.36 Å². The zero-order valence-corrected chi connectivity index (χ0v) is 10.4. The third-order valence-corrected chi connectivity index (χ3v) is 2.76. The molecule has 1 aromatic carbocycles. The SMILES string of the molecule is Nc1nc(N)nc(Cn2cnc3ccccc3c2=O)n1. The molecule has 0 saturated carbocycles. The van der Waals surface area contributed by atoms with Crippen LogP contribution in [-0.4, -0.2) is 24.5 Å². The molecule has 0 aliphatic rings. The Kier molecular flexibility index (Phi) is 2.75. The zero-order chi connectivity index (χ0) is 14.1. The maximum atomic E-state index is 12.3. The molecule has 2 heterocycles. The molecule has 100 valence electrons. The Labute approximate surface area is 113 Å². The van der Waals surface area contributed by atoms with Crippen molar-refractivity contribution in [2.45, 2.75) is 6.54 Å². The van der Waals surface area contributed by atoms with Crippen molar-refractivity contribution in [1.82, 2.24) is 24.5 Å². The smallest absolute Gasteiger partial charge is 0.261 e. The summed E-state index contributed by atoms with van der Waals surface area (Å²) in [6.07, 6.45) is 1.45. The summed E-state index contributed by atoms with van der Waals surface area (Å²) < 4.78 is 1.40. The van der Waals surface area contributed by atoms with Gasteiger partial charge < -0.3 is 11.5 Å². The molecule has 0 radical (unpaired) electrons. The van der Waals surface area contributed by atoms with Gasteiger partial charge in [-0.25, -0.2) is 4.98 Å². The van der Waals surface area contributed by atoms with E-state index in [1.807, 2.05) is 6.07 Å². The Morgan fingerprint density at radius 1 is 1.05 bits per heavy atom. The van der Waals surface area contributed by atoms with Gasteiger partial charge in [0.25, 0.3) is 5.56 Å². The molecule has 0 fully saturated rings. The van der Waals surface area contributed by atoms with Gasteiger partial charge >= 0.3 is 0 Å². The maximum Gasteiger partial charge on any atom is 0.261 e. The summed E-state index contributed by atoms with van der Waals surface area (Å²) in [4.78, 5) is 28.1. The van der Waals surface area contributed by atoms with Gasteiger partial charge in [0.2, 0.25) is 11.9 Å². The van der Waals surface area contributed by atoms with Gasteiger partial charge in [0.05, 0.1) is 23.8 Å². The number of anilines is 2. The predicted molar refractivity (Wildman–Crippen MR) is 73.8 cm³/mol. The molecule has 3 rings (SSSR count). The van der Waals surface area contributed by atoms with Crippen LogP contribution in [0.15, 0.2) is 35.4 Å². The highest BCUT2D eigenvalue weighted by Gasteiger charge is 2.07. The molecule has 0 spiro atoms. The first-order chi connectivity index (χ1) is 9.63. The molecule has 8 nitrogen and oxygen atoms in total. The number of nitrogens with zero attached hydrogens (tertiary/aromatic N) is 5. The highest BCUT2D eigenvalue weighted by atomic mass is 16.1. The number of rotatable bonds is 2. The highest BCUT2D eigenvalue weighted by Crippen LogP contribution is 2.06. The van der Waals surface area contributed by atoms with Crippen LogP contribution in [0.3, 0.4) is 0 Å². The van der Waals surface area contributed by atoms with Crippen LogP contribution < -0.4 is 17.0 Å². The van der Waals surface area contributed by atoms with E-state index in [9.17, 15) is 4.79 Å². The Bertz CT molecular complexity index is 822. The first-order valence-corrected chi connectivity index (χ1v) is 5.83. The molecule has 0 unspecified atom stereocenters. The fourth-order valence-electron chi connectivity index (χ4n) is 1.90. The lowest BCUT2D eigenvalue weighted by molar-refractivity contribution is 0.704. The molecule has 4 N–H and O–H groups in total. The zero-order valence-electron chi connectivity index (χ0n) is 10.4. The second kappa shape index (κ2) is 4.57. The number of aromatic nitrogens is 5. The standard InChI is InChI=1S/C12H11N7O/c13-11-16-9(17-12(14)18-11)5-19-6-15-8-4-2-1-3-7(8)10(19)20/h1-4,6H,5H2,(H4,13,14,16,17,18). The lowest BCUT2D eigenvalue weighted by atomic mass is 10.2. The van der Waals surface area contributed by atoms with Crippen molar-refractivity contribution in [2.24, 2.45) is 0 Å². The third kappa shape index (κ3) is 2.14. The van der Waals surface area contributed by atoms with E-state index >= 15 is 0 Å². The molecule has 0 amide bonds. The monoisotopic (exact) mass is 269 g/mol. The van der Waals surface area contributed by atoms with Gasteiger partial charge in [0.15, 0.2) is 5.82 Å². The average Bonchev–Trinajstić information content (AvgIpc) is 2.41. The van der Waals surface area contributed by atoms with Gasteiger partial charge in [-0.1, -0.05) is 12.1 Å². The van der Waals surface area contributed by atoms with Crippen LogP contribution in [0.4, 0.5) is 11.9 Å². The Morgan fingerprint density at radius 2 is 1.75 bits per heavy atom. The van der Waals surface area contributed by atoms with Crippen molar-refractivity contribution < 1.29 is 0 Å². The summed E-state index contributed by atoms with van der Waals surface area (Å²) in [5.41, 5.74) is 11.5. The summed E-state index contributed by atoms with van der Waals surface area (Å²) in [5.74, 6) is 0.359. The number of para-hydroxylation sites is 1. The number of benzene rings is 1. The van der Waals surface area contributed by atoms with E-state index < -0.39 is 0 Å². The van der Waals surface area contributed by atoms with Crippen LogP contribution in [0.5, 0.6) is 0 Å². The van der Waals surface area contributed by atoms with E-state index in [0.29, 0.717) is 16.7 Å². The van der Waals surface area contributed by atoms with Crippen molar-refractivity contribution in [3.8, 4) is 0 Å². The fourth-order valence-corrected chi connectivity index (χ4v) is 1.90. The lowest BCUT2D eigenvalue weighted by Gasteiger charge is -2.06. The summed E-state index contributed by atoms with van der Waals surface area (Å²) in [5, 5.41) is 0.532. The molecule has 0 bridgehead atoms. The summed E-state index contributed by atoms with van der Waals surface area (Å²) in [6.45, 7) is 0.133. The molecule has 3 aromatic rings. The molecule has 20 heavy (non-hydrogen) atoms. The molecule has 8 heteroatoms. The minimum absolute atomic E-state index is 0.0225. The summed E-state index contributed by atoms with van der Waals surface area (Å²) in [6, 6.07) is 7.11. The quantitative estimate of drug-likeness (QED) is 0.659. The van der Waals surface area contributed by atoms with Gasteiger partial charge in [-0.15, -0.1) is 0 Å². The molecule has 2 aromatic heterocycles. The topological polar surface area (TPSA) is 126 Å². The van der Waals surface area contributed by atoms with Crippen LogP contribution in [0.25, 0.3) is 10.9 Å². The number of nitrogen functional groups attached to an aromatic ring is 2. The van der Waals surface area contributed by atoms with E-state index in [1.54, 1.807) is 18.2 Å². The third-order valence-electron chi connectivity index (χ3n) is 2.76. The van der Waals surface area contributed by atoms with Crippen molar-refractivity contribution in [1.29, 1.82) is 0 Å². The first-order valence-electron chi connectivity index (χ1n) is 5.83. The molecule has 0 atom stereocenters. The van der Waals surface area contributed by atoms with Crippen LogP contribution in [0.1, 0.15) is 5.82 Å². The van der Waals surface area contributed by atoms with Crippen molar-refractivity contribution >= 4 is 22.8 Å². The molecule has 0 aliphatic heterocycles. The number of fused-ring (bicyclic) bond motifs is 1. The molecular formula is C12H11N7O. The fraction of sp³-hybridized carbons (Fsp3) is 0.0833. The van der Waals surface area contributed by atoms with E-state index in [1.165, 1.54) is 10.9 Å². The maximum absolute atomic E-state index is 12.3. The first kappa shape index (κ1) is 12.0. The number of hydrogen-bond donors (Lipinski definition) is 2. The molecular weight excluding hydrogens is 258 g/mol. The number of nitrogens with two attached hydrogens (primary N) is 2. The van der Waals surface area contributed by atoms with Crippen molar-refractivity contribution in [3.05, 3.63) is 46.8 Å². The second-order valence-corrected chi connectivity index (χ2v) is 4.16. The van der Waals surface area contributed by atoms with Crippen molar-refractivity contribution in [3.63, 3.8) is 0 Å². The Hall–Kier alpha value is -3.03. The molecule has 0 aliphatic carbocycles. The Morgan fingerprint density at radius 3 is 2.50 bits per heavy atom. The van der Waals surface area contributed by atoms with E-state index in [2.05, 4.69) is 19.9 Å². The van der Waals surface area contributed by atoms with Gasteiger partial charge in [-0.2, -0.15) is 15.0 Å². The number of hydrogen-bond acceptors (Lipinski definition) is 7. The normalized spacial score (nSPS) is 10.8. The average molecular weight is 269 g/mol. The summed E-state index contributed by atoms with van der Waals surface area (Å²) in [7, 11) is 0. The van der Waals surface area contributed by atoms with E-state index in [-0.39, 0.29) is 24.0 Å². The van der Waals surface area contributed by atoms with Gasteiger partial charge in [0.1, 0.15) is 0 Å². The molecule has 0 saturated heterocycles. The predicted octanol–water partition coefficient (Wildman–Crippen LogP) is -0.206. The summed E-state index contributed by atoms with van der Waals surface area (Å²) >= 11 is 0. The van der Waals surface area contributed by atoms with Crippen LogP contribution >= 0.6 is 0 Å². The van der Waals surface area contributed by atoms with Crippen LogP contribution in [0.2, 0.25) is 0 Å². The van der Waals surface area contributed by atoms with E-state index in [0.717, 1.165) is 0 Å². The minimum atomic E-state index is -0.173. The van der Waals surface area contributed by atoms with Gasteiger partial charge in [-0.05, 0) is 12.1 Å². The van der Waals surface area contributed by atoms with E-state index in [4.69, 9.17) is 11.5 Å². The van der Waals surface area contributed by atoms with Crippen LogP contribution in [-0.2, 0) is 6.54 Å². The highest BCUT2D eigenvalue weighted by molar-refractivity contribution is 5.76. The Balaban J connectivity index is 2.07. The minimum Gasteiger partial charge on any atom is -0.368 e. The lowest BCUT2D eigenvalue weighted by Crippen LogP contribution is -2.22. The van der Waals surface area contributed by atoms with Crippen molar-refractivity contribution in [2.75, 3.05) is 11.5 Å².